The van der Waals surface area contributed by atoms with E-state index in [9.17, 15) is 18.4 Å². The molecule has 4 atom stereocenters. The maximum atomic E-state index is 14.3. The van der Waals surface area contributed by atoms with Crippen LogP contribution in [0.1, 0.15) is 35.8 Å². The van der Waals surface area contributed by atoms with E-state index in [1.807, 2.05) is 6.92 Å². The molecule has 4 unspecified atom stereocenters. The van der Waals surface area contributed by atoms with Crippen molar-refractivity contribution in [3.8, 4) is 5.75 Å². The van der Waals surface area contributed by atoms with Gasteiger partial charge in [0, 0.05) is 23.4 Å². The Balaban J connectivity index is 1.92. The molecular formula is C21H22F2N2O5. The first kappa shape index (κ1) is 21.6. The molecule has 1 N–H and O–H groups in total. The van der Waals surface area contributed by atoms with E-state index in [2.05, 4.69) is 15.0 Å². The maximum absolute atomic E-state index is 14.3. The van der Waals surface area contributed by atoms with Crippen molar-refractivity contribution in [2.45, 2.75) is 32.0 Å². The molecule has 0 radical (unpaired) electrons. The number of hydrogen-bond donors (Lipinski definition) is 1. The predicted molar refractivity (Wildman–Crippen MR) is 103 cm³/mol. The molecule has 0 saturated carbocycles. The summed E-state index contributed by atoms with van der Waals surface area (Å²) in [5.41, 5.74) is 0.698. The van der Waals surface area contributed by atoms with E-state index in [-0.39, 0.29) is 23.5 Å². The van der Waals surface area contributed by atoms with E-state index in [0.29, 0.717) is 11.3 Å². The van der Waals surface area contributed by atoms with Crippen LogP contribution in [-0.4, -0.2) is 43.3 Å². The average molecular weight is 420 g/mol. The fraction of sp³-hybridized carbons (Fsp3) is 0.381. The van der Waals surface area contributed by atoms with E-state index >= 15 is 0 Å². The Kier molecular flexibility index (Phi) is 6.31. The van der Waals surface area contributed by atoms with Crippen molar-refractivity contribution in [1.82, 2.24) is 4.98 Å². The molecule has 1 aliphatic heterocycles. The number of esters is 1. The van der Waals surface area contributed by atoms with Gasteiger partial charge in [-0.15, -0.1) is 0 Å². The summed E-state index contributed by atoms with van der Waals surface area (Å²) in [6.45, 7) is 3.67. The van der Waals surface area contributed by atoms with Crippen LogP contribution >= 0.6 is 0 Å². The van der Waals surface area contributed by atoms with Crippen LogP contribution in [0.2, 0.25) is 0 Å². The van der Waals surface area contributed by atoms with Gasteiger partial charge >= 0.3 is 5.97 Å². The zero-order valence-corrected chi connectivity index (χ0v) is 16.9. The molecule has 30 heavy (non-hydrogen) atoms. The Bertz CT molecular complexity index is 968. The minimum atomic E-state index is -1.11. The van der Waals surface area contributed by atoms with Crippen LogP contribution in [0.4, 0.5) is 14.5 Å². The van der Waals surface area contributed by atoms with Gasteiger partial charge in [0.1, 0.15) is 11.8 Å². The highest BCUT2D eigenvalue weighted by Crippen LogP contribution is 2.44. The standard InChI is InChI=1S/C21H22F2N2O5/c1-10-11(2)30-19(16(10)13-5-6-14(22)17(23)18(13)28-3)20(26)25-12-7-8-24-15(9-12)21(27)29-4/h5-11,16,19H,1-4H3,(H,24,25,26). The van der Waals surface area contributed by atoms with Crippen molar-refractivity contribution < 1.29 is 32.6 Å². The lowest BCUT2D eigenvalue weighted by atomic mass is 9.82. The van der Waals surface area contributed by atoms with Gasteiger partial charge in [0.2, 0.25) is 5.82 Å². The number of pyridine rings is 1. The highest BCUT2D eigenvalue weighted by atomic mass is 19.2. The fourth-order valence-electron chi connectivity index (χ4n) is 3.63. The molecule has 160 valence electrons. The molecule has 7 nitrogen and oxygen atoms in total. The Morgan fingerprint density at radius 1 is 1.17 bits per heavy atom. The summed E-state index contributed by atoms with van der Waals surface area (Å²) in [5.74, 6) is -4.30. The lowest BCUT2D eigenvalue weighted by Gasteiger charge is -2.23. The van der Waals surface area contributed by atoms with E-state index in [0.717, 1.165) is 6.07 Å². The number of methoxy groups -OCH3 is 2. The molecule has 1 aromatic heterocycles. The van der Waals surface area contributed by atoms with Gasteiger partial charge < -0.3 is 19.5 Å². The van der Waals surface area contributed by atoms with E-state index in [4.69, 9.17) is 9.47 Å². The van der Waals surface area contributed by atoms with Crippen molar-refractivity contribution in [3.63, 3.8) is 0 Å². The van der Waals surface area contributed by atoms with Crippen LogP contribution < -0.4 is 10.1 Å². The molecule has 0 bridgehead atoms. The molecule has 0 aliphatic carbocycles. The zero-order valence-electron chi connectivity index (χ0n) is 16.9. The van der Waals surface area contributed by atoms with Crippen LogP contribution in [0.15, 0.2) is 30.5 Å². The Hall–Kier alpha value is -3.07. The number of carbonyl (C=O) groups is 2. The summed E-state index contributed by atoms with van der Waals surface area (Å²) in [6, 6.07) is 5.29. The smallest absolute Gasteiger partial charge is 0.356 e. The van der Waals surface area contributed by atoms with E-state index < -0.39 is 35.5 Å². The van der Waals surface area contributed by atoms with Crippen molar-refractivity contribution >= 4 is 17.6 Å². The number of amides is 1. The molecule has 1 aliphatic rings. The summed E-state index contributed by atoms with van der Waals surface area (Å²) in [7, 11) is 2.47. The molecule has 1 aromatic carbocycles. The van der Waals surface area contributed by atoms with Gasteiger partial charge in [-0.2, -0.15) is 4.39 Å². The van der Waals surface area contributed by atoms with Crippen molar-refractivity contribution in [2.75, 3.05) is 19.5 Å². The average Bonchev–Trinajstić information content (AvgIpc) is 3.04. The second kappa shape index (κ2) is 8.74. The number of aromatic nitrogens is 1. The van der Waals surface area contributed by atoms with Crippen LogP contribution in [0.25, 0.3) is 0 Å². The van der Waals surface area contributed by atoms with Gasteiger partial charge in [0.15, 0.2) is 11.6 Å². The molecule has 2 aromatic rings. The fourth-order valence-corrected chi connectivity index (χ4v) is 3.63. The third-order valence-corrected chi connectivity index (χ3v) is 5.32. The molecular weight excluding hydrogens is 398 g/mol. The number of carbonyl (C=O) groups excluding carboxylic acids is 2. The summed E-state index contributed by atoms with van der Waals surface area (Å²) in [6.07, 6.45) is 0.0634. The summed E-state index contributed by atoms with van der Waals surface area (Å²) >= 11 is 0. The number of anilines is 1. The predicted octanol–water partition coefficient (Wildman–Crippen LogP) is 3.30. The van der Waals surface area contributed by atoms with Crippen molar-refractivity contribution in [1.29, 1.82) is 0 Å². The van der Waals surface area contributed by atoms with Gasteiger partial charge in [-0.25, -0.2) is 14.2 Å². The highest BCUT2D eigenvalue weighted by Gasteiger charge is 2.46. The quantitative estimate of drug-likeness (QED) is 0.747. The maximum Gasteiger partial charge on any atom is 0.356 e. The van der Waals surface area contributed by atoms with Gasteiger partial charge in [-0.1, -0.05) is 13.0 Å². The first-order valence-electron chi connectivity index (χ1n) is 9.31. The van der Waals surface area contributed by atoms with Gasteiger partial charge in [-0.3, -0.25) is 4.79 Å². The summed E-state index contributed by atoms with van der Waals surface area (Å²) in [5, 5.41) is 2.69. The SMILES string of the molecule is COC(=O)c1cc(NC(=O)C2OC(C)C(C)C2c2ccc(F)c(F)c2OC)ccn1. The topological polar surface area (TPSA) is 86.8 Å². The number of nitrogens with zero attached hydrogens (tertiary/aromatic N) is 1. The summed E-state index contributed by atoms with van der Waals surface area (Å²) in [4.78, 5) is 28.6. The third-order valence-electron chi connectivity index (χ3n) is 5.32. The normalized spacial score (nSPS) is 23.1. The third kappa shape index (κ3) is 3.97. The number of rotatable bonds is 5. The van der Waals surface area contributed by atoms with E-state index in [1.165, 1.54) is 38.6 Å². The van der Waals surface area contributed by atoms with Crippen LogP contribution in [-0.2, 0) is 14.3 Å². The number of halogens is 2. The number of hydrogen-bond acceptors (Lipinski definition) is 6. The lowest BCUT2D eigenvalue weighted by molar-refractivity contribution is -0.127. The lowest BCUT2D eigenvalue weighted by Crippen LogP contribution is -2.33. The Labute approximate surface area is 172 Å². The first-order valence-corrected chi connectivity index (χ1v) is 9.31. The largest absolute Gasteiger partial charge is 0.493 e. The van der Waals surface area contributed by atoms with E-state index in [1.54, 1.807) is 6.92 Å². The molecule has 3 rings (SSSR count). The first-order chi connectivity index (χ1) is 14.3. The second-order valence-corrected chi connectivity index (χ2v) is 7.04. The molecule has 1 fully saturated rings. The minimum absolute atomic E-state index is 0.0307. The van der Waals surface area contributed by atoms with Gasteiger partial charge in [-0.05, 0) is 31.0 Å². The second-order valence-electron chi connectivity index (χ2n) is 7.04. The van der Waals surface area contributed by atoms with Crippen molar-refractivity contribution in [2.24, 2.45) is 5.92 Å². The van der Waals surface area contributed by atoms with Gasteiger partial charge in [0.25, 0.3) is 5.91 Å². The Morgan fingerprint density at radius 3 is 2.57 bits per heavy atom. The Morgan fingerprint density at radius 2 is 1.90 bits per heavy atom. The number of nitrogens with one attached hydrogen (secondary N) is 1. The molecule has 1 saturated heterocycles. The number of benzene rings is 1. The molecule has 2 heterocycles. The molecule has 9 heteroatoms. The molecule has 0 spiro atoms. The van der Waals surface area contributed by atoms with Crippen LogP contribution in [0, 0.1) is 17.6 Å². The van der Waals surface area contributed by atoms with Crippen molar-refractivity contribution in [3.05, 3.63) is 53.4 Å². The van der Waals surface area contributed by atoms with Gasteiger partial charge in [0.05, 0.1) is 20.3 Å². The minimum Gasteiger partial charge on any atom is -0.493 e. The number of ether oxygens (including phenoxy) is 3. The monoisotopic (exact) mass is 420 g/mol. The van der Waals surface area contributed by atoms with Crippen LogP contribution in [0.3, 0.4) is 0 Å². The zero-order chi connectivity index (χ0) is 22.0. The highest BCUT2D eigenvalue weighted by molar-refractivity contribution is 5.96. The summed E-state index contributed by atoms with van der Waals surface area (Å²) < 4.78 is 43.5. The van der Waals surface area contributed by atoms with Crippen LogP contribution in [0.5, 0.6) is 5.75 Å². The molecule has 1 amide bonds.